The number of hydrogen-bond donors (Lipinski definition) is 0. The molecular weight excluding hydrogens is 530 g/mol. The summed E-state index contributed by atoms with van der Waals surface area (Å²) in [5.74, 6) is 0.195. The van der Waals surface area contributed by atoms with Crippen LogP contribution in [0.1, 0.15) is 35.7 Å². The van der Waals surface area contributed by atoms with Gasteiger partial charge in [0, 0.05) is 25.4 Å². The first-order chi connectivity index (χ1) is 19.2. The maximum absolute atomic E-state index is 15.0. The fourth-order valence-electron chi connectivity index (χ4n) is 4.40. The Morgan fingerprint density at radius 1 is 1.02 bits per heavy atom. The SMILES string of the molecule is COc1ncnc(C2CC2)c1-c1nc(OCc2ccc(-c3nc(C(F)(F)F)cn3C)c(F)c2)c2ncccc2n1. The Morgan fingerprint density at radius 3 is 2.55 bits per heavy atom. The van der Waals surface area contributed by atoms with Gasteiger partial charge in [-0.15, -0.1) is 0 Å². The van der Waals surface area contributed by atoms with Crippen LogP contribution in [0.2, 0.25) is 0 Å². The van der Waals surface area contributed by atoms with Gasteiger partial charge in [-0.3, -0.25) is 0 Å². The van der Waals surface area contributed by atoms with Gasteiger partial charge in [-0.2, -0.15) is 18.2 Å². The van der Waals surface area contributed by atoms with Gasteiger partial charge in [0.05, 0.1) is 23.9 Å². The van der Waals surface area contributed by atoms with Gasteiger partial charge in [0.25, 0.3) is 0 Å². The molecule has 4 heterocycles. The van der Waals surface area contributed by atoms with E-state index >= 15 is 4.39 Å². The molecule has 1 aliphatic rings. The molecule has 1 aromatic carbocycles. The van der Waals surface area contributed by atoms with Crippen molar-refractivity contribution < 1.29 is 27.0 Å². The molecule has 1 fully saturated rings. The summed E-state index contributed by atoms with van der Waals surface area (Å²) in [7, 11) is 2.88. The molecule has 1 aliphatic carbocycles. The number of alkyl halides is 3. The smallest absolute Gasteiger partial charge is 0.434 e. The average molecular weight is 552 g/mol. The summed E-state index contributed by atoms with van der Waals surface area (Å²) in [4.78, 5) is 25.9. The fourth-order valence-corrected chi connectivity index (χ4v) is 4.40. The molecule has 0 unspecified atom stereocenters. The second-order valence-corrected chi connectivity index (χ2v) is 9.30. The van der Waals surface area contributed by atoms with Crippen molar-refractivity contribution in [3.8, 4) is 34.5 Å². The highest BCUT2D eigenvalue weighted by molar-refractivity contribution is 5.82. The molecule has 0 amide bonds. The van der Waals surface area contributed by atoms with Crippen LogP contribution < -0.4 is 9.47 Å². The Labute approximate surface area is 224 Å². The van der Waals surface area contributed by atoms with Crippen molar-refractivity contribution in [3.63, 3.8) is 0 Å². The molecule has 40 heavy (non-hydrogen) atoms. The predicted molar refractivity (Wildman–Crippen MR) is 135 cm³/mol. The third-order valence-corrected chi connectivity index (χ3v) is 6.46. The summed E-state index contributed by atoms with van der Waals surface area (Å²) in [5.41, 5.74) is 1.55. The molecule has 1 saturated carbocycles. The third kappa shape index (κ3) is 4.78. The van der Waals surface area contributed by atoms with E-state index in [2.05, 4.69) is 29.9 Å². The highest BCUT2D eigenvalue weighted by atomic mass is 19.4. The molecule has 204 valence electrons. The highest BCUT2D eigenvalue weighted by Gasteiger charge is 2.35. The van der Waals surface area contributed by atoms with Crippen LogP contribution in [0.25, 0.3) is 33.8 Å². The predicted octanol–water partition coefficient (Wildman–Crippen LogP) is 5.51. The molecule has 0 spiro atoms. The molecule has 9 nitrogen and oxygen atoms in total. The van der Waals surface area contributed by atoms with E-state index in [-0.39, 0.29) is 29.8 Å². The van der Waals surface area contributed by atoms with Gasteiger partial charge in [-0.1, -0.05) is 6.07 Å². The van der Waals surface area contributed by atoms with Crippen LogP contribution in [0.5, 0.6) is 11.8 Å². The first kappa shape index (κ1) is 25.6. The Kier molecular flexibility index (Phi) is 6.28. The van der Waals surface area contributed by atoms with Crippen molar-refractivity contribution in [1.82, 2.24) is 34.5 Å². The number of hydrogen-bond acceptors (Lipinski definition) is 8. The van der Waals surface area contributed by atoms with E-state index in [1.165, 1.54) is 32.6 Å². The van der Waals surface area contributed by atoms with Crippen molar-refractivity contribution in [3.05, 3.63) is 71.8 Å². The van der Waals surface area contributed by atoms with Crippen LogP contribution in [-0.2, 0) is 19.8 Å². The van der Waals surface area contributed by atoms with Crippen molar-refractivity contribution in [2.24, 2.45) is 7.05 Å². The van der Waals surface area contributed by atoms with E-state index < -0.39 is 17.7 Å². The van der Waals surface area contributed by atoms with Crippen LogP contribution in [0, 0.1) is 5.82 Å². The Bertz CT molecular complexity index is 1730. The van der Waals surface area contributed by atoms with Gasteiger partial charge in [0.1, 0.15) is 30.1 Å². The molecule has 13 heteroatoms. The fraction of sp³-hybridized carbons (Fsp3) is 0.259. The maximum Gasteiger partial charge on any atom is 0.434 e. The first-order valence-electron chi connectivity index (χ1n) is 12.3. The topological polar surface area (TPSA) is 101 Å². The number of ether oxygens (including phenoxy) is 2. The van der Waals surface area contributed by atoms with E-state index in [0.717, 1.165) is 29.3 Å². The number of pyridine rings is 1. The number of aromatic nitrogens is 7. The second-order valence-electron chi connectivity index (χ2n) is 9.30. The van der Waals surface area contributed by atoms with E-state index in [4.69, 9.17) is 9.47 Å². The van der Waals surface area contributed by atoms with Crippen molar-refractivity contribution in [1.29, 1.82) is 0 Å². The van der Waals surface area contributed by atoms with Gasteiger partial charge < -0.3 is 14.0 Å². The Balaban J connectivity index is 1.33. The Hall–Kier alpha value is -4.68. The largest absolute Gasteiger partial charge is 0.480 e. The number of imidazole rings is 1. The number of aryl methyl sites for hydroxylation is 1. The number of rotatable bonds is 7. The normalized spacial score (nSPS) is 13.6. The second kappa shape index (κ2) is 9.81. The number of halogens is 4. The molecule has 0 bridgehead atoms. The van der Waals surface area contributed by atoms with Crippen molar-refractivity contribution >= 4 is 11.0 Å². The monoisotopic (exact) mass is 551 g/mol. The molecule has 4 aromatic heterocycles. The Morgan fingerprint density at radius 2 is 1.85 bits per heavy atom. The summed E-state index contributed by atoms with van der Waals surface area (Å²) in [6.45, 7) is -0.0917. The molecule has 0 N–H and O–H groups in total. The van der Waals surface area contributed by atoms with Crippen LogP contribution in [-0.4, -0.2) is 41.6 Å². The van der Waals surface area contributed by atoms with E-state index in [9.17, 15) is 13.2 Å². The van der Waals surface area contributed by atoms with Gasteiger partial charge in [-0.25, -0.2) is 29.3 Å². The number of benzene rings is 1. The van der Waals surface area contributed by atoms with E-state index in [1.807, 2.05) is 0 Å². The van der Waals surface area contributed by atoms with Crippen LogP contribution in [0.3, 0.4) is 0 Å². The lowest BCUT2D eigenvalue weighted by Crippen LogP contribution is -2.06. The standard InChI is InChI=1S/C27H21F4N7O2/c1-38-11-19(27(29,30)31)36-24(38)16-8-5-14(10-17(16)28)12-40-26-22-18(4-3-9-32-22)35-23(37-26)20-21(15-6-7-15)33-13-34-25(20)39-2/h3-5,8-11,13,15H,6-7,12H2,1-2H3. The van der Waals surface area contributed by atoms with Crippen LogP contribution in [0.4, 0.5) is 17.6 Å². The molecule has 6 rings (SSSR count). The summed E-state index contributed by atoms with van der Waals surface area (Å²) < 4.78 is 66.8. The summed E-state index contributed by atoms with van der Waals surface area (Å²) >= 11 is 0. The lowest BCUT2D eigenvalue weighted by Gasteiger charge is -2.13. The number of nitrogens with zero attached hydrogens (tertiary/aromatic N) is 7. The molecule has 5 aromatic rings. The van der Waals surface area contributed by atoms with Crippen LogP contribution in [0.15, 0.2) is 49.1 Å². The lowest BCUT2D eigenvalue weighted by atomic mass is 10.1. The van der Waals surface area contributed by atoms with E-state index in [0.29, 0.717) is 33.9 Å². The summed E-state index contributed by atoms with van der Waals surface area (Å²) in [6.07, 6.45) is 1.19. The number of methoxy groups -OCH3 is 1. The summed E-state index contributed by atoms with van der Waals surface area (Å²) in [6, 6.07) is 7.61. The lowest BCUT2D eigenvalue weighted by molar-refractivity contribution is -0.140. The molecule has 0 saturated heterocycles. The molecule has 0 aliphatic heterocycles. The highest BCUT2D eigenvalue weighted by Crippen LogP contribution is 2.45. The van der Waals surface area contributed by atoms with Crippen LogP contribution >= 0.6 is 0 Å². The van der Waals surface area contributed by atoms with Crippen molar-refractivity contribution in [2.45, 2.75) is 31.5 Å². The van der Waals surface area contributed by atoms with Gasteiger partial charge >= 0.3 is 6.18 Å². The van der Waals surface area contributed by atoms with Gasteiger partial charge in [0.2, 0.25) is 11.8 Å². The van der Waals surface area contributed by atoms with Crippen molar-refractivity contribution in [2.75, 3.05) is 7.11 Å². The average Bonchev–Trinajstić information content (AvgIpc) is 3.71. The minimum absolute atomic E-state index is 0.0676. The molecule has 0 atom stereocenters. The number of fused-ring (bicyclic) bond motifs is 1. The van der Waals surface area contributed by atoms with Gasteiger partial charge in [-0.05, 0) is 42.7 Å². The van der Waals surface area contributed by atoms with Gasteiger partial charge in [0.15, 0.2) is 17.0 Å². The van der Waals surface area contributed by atoms with E-state index in [1.54, 1.807) is 24.4 Å². The molecule has 0 radical (unpaired) electrons. The zero-order valence-corrected chi connectivity index (χ0v) is 21.3. The summed E-state index contributed by atoms with van der Waals surface area (Å²) in [5, 5.41) is 0. The maximum atomic E-state index is 15.0. The first-order valence-corrected chi connectivity index (χ1v) is 12.3. The quantitative estimate of drug-likeness (QED) is 0.244. The molecular formula is C27H21F4N7O2. The zero-order valence-electron chi connectivity index (χ0n) is 21.3. The zero-order chi connectivity index (χ0) is 28.0. The minimum Gasteiger partial charge on any atom is -0.480 e. The third-order valence-electron chi connectivity index (χ3n) is 6.46. The minimum atomic E-state index is -4.64.